The van der Waals surface area contributed by atoms with Gasteiger partial charge in [0.15, 0.2) is 0 Å². The van der Waals surface area contributed by atoms with Crippen LogP contribution in [0, 0.1) is 5.41 Å². The van der Waals surface area contributed by atoms with Crippen molar-refractivity contribution in [2.75, 3.05) is 20.2 Å². The zero-order chi connectivity index (χ0) is 14.6. The highest BCUT2D eigenvalue weighted by atomic mass is 32.2. The average Bonchev–Trinajstić information content (AvgIpc) is 3.09. The highest BCUT2D eigenvalue weighted by Gasteiger charge is 2.32. The average molecular weight is 302 g/mol. The minimum atomic E-state index is -3.52. The van der Waals surface area contributed by atoms with Gasteiger partial charge in [-0.15, -0.1) is 0 Å². The standard InChI is InChI=1S/C13H22N2O4S/c1-14-20(17,18)12-5-4-11(19-12)8-15-9-13(10-16)6-2-3-7-13/h4-5,14-16H,2-3,6-10H2,1H3. The van der Waals surface area contributed by atoms with Gasteiger partial charge in [0.25, 0.3) is 10.0 Å². The van der Waals surface area contributed by atoms with Gasteiger partial charge in [0.2, 0.25) is 5.09 Å². The first-order chi connectivity index (χ1) is 9.51. The van der Waals surface area contributed by atoms with Gasteiger partial charge in [0, 0.05) is 18.6 Å². The molecule has 2 rings (SSSR count). The maximum Gasteiger partial charge on any atom is 0.273 e. The van der Waals surface area contributed by atoms with Crippen LogP contribution in [0.1, 0.15) is 31.4 Å². The van der Waals surface area contributed by atoms with E-state index in [2.05, 4.69) is 10.0 Å². The van der Waals surface area contributed by atoms with Crippen molar-refractivity contribution in [2.45, 2.75) is 37.3 Å². The van der Waals surface area contributed by atoms with Crippen LogP contribution in [0.3, 0.4) is 0 Å². The highest BCUT2D eigenvalue weighted by Crippen LogP contribution is 2.36. The number of nitrogens with one attached hydrogen (secondary N) is 2. The lowest BCUT2D eigenvalue weighted by Crippen LogP contribution is -2.34. The highest BCUT2D eigenvalue weighted by molar-refractivity contribution is 7.89. The second-order valence-corrected chi connectivity index (χ2v) is 7.21. The summed E-state index contributed by atoms with van der Waals surface area (Å²) in [6.07, 6.45) is 4.39. The fourth-order valence-electron chi connectivity index (χ4n) is 2.66. The summed E-state index contributed by atoms with van der Waals surface area (Å²) in [6.45, 7) is 1.37. The van der Waals surface area contributed by atoms with E-state index >= 15 is 0 Å². The maximum atomic E-state index is 11.5. The Kier molecular flexibility index (Phi) is 4.85. The van der Waals surface area contributed by atoms with Gasteiger partial charge in [0.1, 0.15) is 5.76 Å². The first kappa shape index (κ1) is 15.5. The van der Waals surface area contributed by atoms with Crippen LogP contribution in [0.15, 0.2) is 21.6 Å². The monoisotopic (exact) mass is 302 g/mol. The predicted molar refractivity (Wildman–Crippen MR) is 74.6 cm³/mol. The molecule has 0 saturated heterocycles. The van der Waals surface area contributed by atoms with E-state index in [4.69, 9.17) is 4.42 Å². The van der Waals surface area contributed by atoms with Gasteiger partial charge in [-0.25, -0.2) is 13.1 Å². The largest absolute Gasteiger partial charge is 0.447 e. The number of aliphatic hydroxyl groups is 1. The van der Waals surface area contributed by atoms with Crippen molar-refractivity contribution >= 4 is 10.0 Å². The molecule has 1 aliphatic rings. The van der Waals surface area contributed by atoms with Crippen LogP contribution < -0.4 is 10.0 Å². The van der Waals surface area contributed by atoms with Crippen LogP contribution >= 0.6 is 0 Å². The van der Waals surface area contributed by atoms with E-state index in [1.165, 1.54) is 13.1 Å². The lowest BCUT2D eigenvalue weighted by atomic mass is 9.87. The molecule has 1 aromatic rings. The molecule has 1 heterocycles. The Balaban J connectivity index is 1.89. The molecule has 0 unspecified atom stereocenters. The molecule has 0 atom stereocenters. The summed E-state index contributed by atoms with van der Waals surface area (Å²) in [6, 6.07) is 3.09. The minimum absolute atomic E-state index is 0.0214. The number of furan rings is 1. The summed E-state index contributed by atoms with van der Waals surface area (Å²) in [4.78, 5) is 0. The van der Waals surface area contributed by atoms with Crippen LogP contribution in [0.5, 0.6) is 0 Å². The van der Waals surface area contributed by atoms with Crippen LogP contribution in [0.4, 0.5) is 0 Å². The summed E-state index contributed by atoms with van der Waals surface area (Å²) < 4.78 is 30.6. The molecule has 1 saturated carbocycles. The first-order valence-electron chi connectivity index (χ1n) is 6.85. The van der Waals surface area contributed by atoms with Crippen molar-refractivity contribution in [3.63, 3.8) is 0 Å². The Morgan fingerprint density at radius 3 is 2.65 bits per heavy atom. The third kappa shape index (κ3) is 3.41. The summed E-state index contributed by atoms with van der Waals surface area (Å²) in [5, 5.41) is 12.7. The molecule has 0 aromatic carbocycles. The van der Waals surface area contributed by atoms with E-state index in [9.17, 15) is 13.5 Å². The number of aliphatic hydroxyl groups excluding tert-OH is 1. The van der Waals surface area contributed by atoms with Crippen molar-refractivity contribution in [3.8, 4) is 0 Å². The first-order valence-corrected chi connectivity index (χ1v) is 8.33. The van der Waals surface area contributed by atoms with Crippen molar-refractivity contribution < 1.29 is 17.9 Å². The van der Waals surface area contributed by atoms with Crippen molar-refractivity contribution in [1.82, 2.24) is 10.0 Å². The van der Waals surface area contributed by atoms with Gasteiger partial charge in [-0.1, -0.05) is 12.8 Å². The molecule has 0 bridgehead atoms. The lowest BCUT2D eigenvalue weighted by Gasteiger charge is -2.26. The predicted octanol–water partition coefficient (Wildman–Crippen LogP) is 0.830. The Morgan fingerprint density at radius 2 is 2.05 bits per heavy atom. The molecule has 6 nitrogen and oxygen atoms in total. The van der Waals surface area contributed by atoms with Crippen molar-refractivity contribution in [2.24, 2.45) is 5.41 Å². The SMILES string of the molecule is CNS(=O)(=O)c1ccc(CNCC2(CO)CCCC2)o1. The molecule has 0 amide bonds. The number of hydrogen-bond donors (Lipinski definition) is 3. The Morgan fingerprint density at radius 1 is 1.35 bits per heavy atom. The van der Waals surface area contributed by atoms with Crippen molar-refractivity contribution in [3.05, 3.63) is 17.9 Å². The number of rotatable bonds is 7. The van der Waals surface area contributed by atoms with E-state index in [0.717, 1.165) is 32.2 Å². The molecule has 1 aromatic heterocycles. The summed E-state index contributed by atoms with van der Waals surface area (Å²) >= 11 is 0. The van der Waals surface area contributed by atoms with Gasteiger partial charge in [-0.05, 0) is 32.0 Å². The summed E-state index contributed by atoms with van der Waals surface area (Å²) in [5.74, 6) is 0.574. The van der Waals surface area contributed by atoms with Crippen LogP contribution in [-0.4, -0.2) is 33.7 Å². The number of sulfonamides is 1. The van der Waals surface area contributed by atoms with Crippen molar-refractivity contribution in [1.29, 1.82) is 0 Å². The van der Waals surface area contributed by atoms with Gasteiger partial charge in [-0.3, -0.25) is 0 Å². The topological polar surface area (TPSA) is 91.6 Å². The fraction of sp³-hybridized carbons (Fsp3) is 0.692. The third-order valence-corrected chi connectivity index (χ3v) is 5.26. The molecule has 1 fully saturated rings. The van der Waals surface area contributed by atoms with Crippen LogP contribution in [0.2, 0.25) is 0 Å². The maximum absolute atomic E-state index is 11.5. The Labute approximate surface area is 119 Å². The van der Waals surface area contributed by atoms with Crippen LogP contribution in [-0.2, 0) is 16.6 Å². The van der Waals surface area contributed by atoms with Crippen LogP contribution in [0.25, 0.3) is 0 Å². The van der Waals surface area contributed by atoms with Gasteiger partial charge < -0.3 is 14.8 Å². The molecular formula is C13H22N2O4S. The summed E-state index contributed by atoms with van der Waals surface area (Å²) in [7, 11) is -2.17. The zero-order valence-electron chi connectivity index (χ0n) is 11.7. The normalized spacial score (nSPS) is 18.5. The lowest BCUT2D eigenvalue weighted by molar-refractivity contribution is 0.127. The number of hydrogen-bond acceptors (Lipinski definition) is 5. The van der Waals surface area contributed by atoms with E-state index in [1.807, 2.05) is 0 Å². The molecule has 114 valence electrons. The quantitative estimate of drug-likeness (QED) is 0.694. The molecular weight excluding hydrogens is 280 g/mol. The van der Waals surface area contributed by atoms with E-state index in [-0.39, 0.29) is 17.1 Å². The summed E-state index contributed by atoms with van der Waals surface area (Å²) in [5.41, 5.74) is -0.0214. The third-order valence-electron chi connectivity index (χ3n) is 3.97. The van der Waals surface area contributed by atoms with E-state index in [0.29, 0.717) is 12.3 Å². The van der Waals surface area contributed by atoms with Gasteiger partial charge >= 0.3 is 0 Å². The van der Waals surface area contributed by atoms with Gasteiger partial charge in [-0.2, -0.15) is 0 Å². The Hall–Kier alpha value is -0.890. The second-order valence-electron chi connectivity index (χ2n) is 5.40. The molecule has 20 heavy (non-hydrogen) atoms. The second kappa shape index (κ2) is 6.26. The zero-order valence-corrected chi connectivity index (χ0v) is 12.5. The minimum Gasteiger partial charge on any atom is -0.447 e. The molecule has 0 radical (unpaired) electrons. The van der Waals surface area contributed by atoms with Gasteiger partial charge in [0.05, 0.1) is 6.54 Å². The fourth-order valence-corrected chi connectivity index (χ4v) is 3.33. The van der Waals surface area contributed by atoms with E-state index in [1.54, 1.807) is 6.07 Å². The molecule has 0 aliphatic heterocycles. The molecule has 1 aliphatic carbocycles. The molecule has 3 N–H and O–H groups in total. The molecule has 0 spiro atoms. The Bertz CT molecular complexity index is 532. The van der Waals surface area contributed by atoms with E-state index < -0.39 is 10.0 Å². The molecule has 7 heteroatoms. The smallest absolute Gasteiger partial charge is 0.273 e.